The average molecular weight is 211 g/mol. The van der Waals surface area contributed by atoms with Crippen molar-refractivity contribution in [2.45, 2.75) is 19.3 Å². The van der Waals surface area contributed by atoms with E-state index in [9.17, 15) is 17.1 Å². The number of carbonyl (C=O) groups is 1. The van der Waals surface area contributed by atoms with Crippen molar-refractivity contribution in [1.29, 1.82) is 0 Å². The number of halogens is 3. The number of hydrogen-bond acceptors (Lipinski definition) is 2. The third kappa shape index (κ3) is 1.47. The Morgan fingerprint density at radius 1 is 1.31 bits per heavy atom. The number of rotatable bonds is 0. The zero-order valence-corrected chi connectivity index (χ0v) is 7.73. The Hall–Kier alpha value is -0.853. The van der Waals surface area contributed by atoms with E-state index in [2.05, 4.69) is 4.43 Å². The first-order valence-electron chi connectivity index (χ1n) is 4.00. The molecule has 0 aromatic rings. The molecule has 0 unspecified atom stereocenters. The monoisotopic (exact) mass is 211 g/mol. The number of nitrogens with zero attached hydrogens (tertiary/aromatic N) is 1. The van der Waals surface area contributed by atoms with E-state index in [0.29, 0.717) is 6.42 Å². The molecule has 0 radical (unpaired) electrons. The summed E-state index contributed by atoms with van der Waals surface area (Å²) < 4.78 is 43.0. The molecule has 0 aliphatic carbocycles. The molecule has 0 fully saturated rings. The second-order valence-electron chi connectivity index (χ2n) is 3.32. The quantitative estimate of drug-likeness (QED) is 0.339. The maximum atomic E-state index is 12.8. The van der Waals surface area contributed by atoms with Crippen molar-refractivity contribution in [2.75, 3.05) is 6.17 Å². The molecular formula is C6H8F3NO2Si. The fraction of sp³-hybridized carbons (Fsp3) is 0.667. The molecule has 74 valence electrons. The summed E-state index contributed by atoms with van der Waals surface area (Å²) in [5, 5.41) is 0. The predicted molar refractivity (Wildman–Crippen MR) is 39.2 cm³/mol. The summed E-state index contributed by atoms with van der Waals surface area (Å²) in [6.07, 6.45) is -0.273. The van der Waals surface area contributed by atoms with Gasteiger partial charge >= 0.3 is 72.0 Å². The molecule has 2 rings (SSSR count). The van der Waals surface area contributed by atoms with Crippen molar-refractivity contribution in [1.82, 2.24) is 0 Å². The number of carbonyl (C=O) groups excluding carboxylic acids is 1. The van der Waals surface area contributed by atoms with Crippen LogP contribution in [0.25, 0.3) is 0 Å². The molecule has 0 N–H and O–H groups in total. The van der Waals surface area contributed by atoms with Gasteiger partial charge in [0.25, 0.3) is 0 Å². The summed E-state index contributed by atoms with van der Waals surface area (Å²) in [6.45, 7) is 0. The molecule has 0 aromatic carbocycles. The van der Waals surface area contributed by atoms with Crippen LogP contribution in [0.4, 0.5) is 12.3 Å². The molecule has 0 aromatic heterocycles. The van der Waals surface area contributed by atoms with Crippen molar-refractivity contribution < 1.29 is 26.1 Å². The average Bonchev–Trinajstić information content (AvgIpc) is 2.20. The van der Waals surface area contributed by atoms with Crippen LogP contribution in [0.3, 0.4) is 0 Å². The third-order valence-electron chi connectivity index (χ3n) is 2.09. The van der Waals surface area contributed by atoms with Crippen LogP contribution in [0, 0.1) is 0 Å². The van der Waals surface area contributed by atoms with Gasteiger partial charge < -0.3 is 0 Å². The van der Waals surface area contributed by atoms with Crippen LogP contribution in [0.1, 0.15) is 19.3 Å². The van der Waals surface area contributed by atoms with E-state index in [0.717, 1.165) is 4.58 Å². The minimum atomic E-state index is -6.75. The molecule has 0 atom stereocenters. The van der Waals surface area contributed by atoms with Gasteiger partial charge in [-0.1, -0.05) is 0 Å². The van der Waals surface area contributed by atoms with E-state index in [1.165, 1.54) is 0 Å². The van der Waals surface area contributed by atoms with Crippen LogP contribution in [-0.2, 0) is 9.22 Å². The zero-order chi connectivity index (χ0) is 9.71. The molecule has 3 nitrogen and oxygen atoms in total. The summed E-state index contributed by atoms with van der Waals surface area (Å²) in [5.41, 5.74) is 0. The second-order valence-corrected chi connectivity index (χ2v) is 5.82. The third-order valence-corrected chi connectivity index (χ3v) is 3.51. The number of amides is 1. The second kappa shape index (κ2) is 2.14. The fourth-order valence-electron chi connectivity index (χ4n) is 1.58. The van der Waals surface area contributed by atoms with E-state index in [4.69, 9.17) is 0 Å². The van der Waals surface area contributed by atoms with Gasteiger partial charge in [-0.05, 0) is 0 Å². The minimum absolute atomic E-state index is 0.183. The molecule has 0 saturated heterocycles. The molecule has 0 saturated carbocycles. The molecule has 1 amide bonds. The zero-order valence-electron chi connectivity index (χ0n) is 6.73. The van der Waals surface area contributed by atoms with Crippen LogP contribution in [0.15, 0.2) is 0 Å². The van der Waals surface area contributed by atoms with Gasteiger partial charge in [0.2, 0.25) is 0 Å². The molecule has 2 aliphatic rings. The summed E-state index contributed by atoms with van der Waals surface area (Å²) in [6, 6.07) is 0. The van der Waals surface area contributed by atoms with Crippen molar-refractivity contribution in [2.24, 2.45) is 0 Å². The molecule has 0 spiro atoms. The Bertz CT molecular complexity index is 320. The van der Waals surface area contributed by atoms with Gasteiger partial charge in [-0.2, -0.15) is 0 Å². The van der Waals surface area contributed by atoms with Crippen LogP contribution in [-0.4, -0.2) is 31.1 Å². The van der Waals surface area contributed by atoms with Crippen molar-refractivity contribution in [3.63, 3.8) is 0 Å². The van der Waals surface area contributed by atoms with E-state index in [1.54, 1.807) is 0 Å². The molecular weight excluding hydrogens is 203 g/mol. The number of hydrogen-bond donors (Lipinski definition) is 0. The predicted octanol–water partition coefficient (Wildman–Crippen LogP) is 0.975. The van der Waals surface area contributed by atoms with Crippen molar-refractivity contribution >= 4 is 20.4 Å². The first kappa shape index (κ1) is 8.73. The van der Waals surface area contributed by atoms with Crippen LogP contribution in [0.5, 0.6) is 0 Å². The van der Waals surface area contributed by atoms with E-state index in [-0.39, 0.29) is 18.7 Å². The fourth-order valence-corrected chi connectivity index (χ4v) is 3.13. The SMILES string of the molecule is O=C1CCCC2=[N+]1C[Si-](F)(F)(F)O2. The first-order valence-corrected chi connectivity index (χ1v) is 6.25. The Balaban J connectivity index is 2.33. The first-order chi connectivity index (χ1) is 5.85. The van der Waals surface area contributed by atoms with Gasteiger partial charge in [-0.25, -0.2) is 0 Å². The van der Waals surface area contributed by atoms with Crippen LogP contribution >= 0.6 is 0 Å². The Kier molecular flexibility index (Phi) is 1.44. The molecule has 2 aliphatic heterocycles. The van der Waals surface area contributed by atoms with Gasteiger partial charge in [-0.15, -0.1) is 0 Å². The van der Waals surface area contributed by atoms with Gasteiger partial charge in [0.15, 0.2) is 0 Å². The van der Waals surface area contributed by atoms with E-state index >= 15 is 0 Å². The molecule has 0 bridgehead atoms. The summed E-state index contributed by atoms with van der Waals surface area (Å²) in [7, 11) is -6.75. The summed E-state index contributed by atoms with van der Waals surface area (Å²) >= 11 is 0. The maximum absolute atomic E-state index is 12.8. The molecule has 2 heterocycles. The summed E-state index contributed by atoms with van der Waals surface area (Å²) in [5.74, 6) is -0.649. The normalized spacial score (nSPS) is 33.2. The molecule has 13 heavy (non-hydrogen) atoms. The standard InChI is InChI=1S/C6H8F3NO2Si/c7-13(8,9)4-10-5(11)2-1-3-6(10)12-13/h1-4H2. The van der Waals surface area contributed by atoms with Crippen molar-refractivity contribution in [3.8, 4) is 0 Å². The molecule has 7 heteroatoms. The van der Waals surface area contributed by atoms with E-state index < -0.39 is 20.7 Å². The summed E-state index contributed by atoms with van der Waals surface area (Å²) in [4.78, 5) is 11.1. The van der Waals surface area contributed by atoms with Gasteiger partial charge in [0.1, 0.15) is 0 Å². The van der Waals surface area contributed by atoms with Gasteiger partial charge in [-0.3, -0.25) is 0 Å². The Morgan fingerprint density at radius 2 is 2.00 bits per heavy atom. The van der Waals surface area contributed by atoms with Gasteiger partial charge in [0, 0.05) is 0 Å². The Morgan fingerprint density at radius 3 is 2.62 bits per heavy atom. The van der Waals surface area contributed by atoms with Gasteiger partial charge in [0.05, 0.1) is 0 Å². The van der Waals surface area contributed by atoms with Crippen LogP contribution in [0.2, 0.25) is 0 Å². The van der Waals surface area contributed by atoms with Crippen molar-refractivity contribution in [3.05, 3.63) is 0 Å². The van der Waals surface area contributed by atoms with Crippen LogP contribution < -0.4 is 0 Å². The Labute approximate surface area is 72.9 Å². The topological polar surface area (TPSA) is 29.3 Å². The van der Waals surface area contributed by atoms with E-state index in [1.807, 2.05) is 0 Å².